The van der Waals surface area contributed by atoms with E-state index in [-0.39, 0.29) is 17.4 Å². The Bertz CT molecular complexity index is 426. The first-order valence-electron chi connectivity index (χ1n) is 3.85. The van der Waals surface area contributed by atoms with Crippen molar-refractivity contribution in [2.75, 3.05) is 0 Å². The van der Waals surface area contributed by atoms with Gasteiger partial charge < -0.3 is 4.74 Å². The Morgan fingerprint density at radius 2 is 1.93 bits per heavy atom. The normalized spacial score (nSPS) is 11.0. The van der Waals surface area contributed by atoms with Crippen LogP contribution in [0.5, 0.6) is 0 Å². The molecule has 0 heterocycles. The van der Waals surface area contributed by atoms with Gasteiger partial charge in [0.15, 0.2) is 0 Å². The van der Waals surface area contributed by atoms with Crippen LogP contribution >= 0.6 is 10.8 Å². The van der Waals surface area contributed by atoms with Crippen molar-refractivity contribution >= 4 is 25.2 Å². The van der Waals surface area contributed by atoms with E-state index in [1.165, 1.54) is 0 Å². The summed E-state index contributed by atoms with van der Waals surface area (Å²) in [5.74, 6) is 0. The van der Waals surface area contributed by atoms with E-state index in [1.807, 2.05) is 0 Å². The summed E-state index contributed by atoms with van der Waals surface area (Å²) < 4.78 is 33.4. The van der Waals surface area contributed by atoms with Crippen LogP contribution < -0.4 is 0 Å². The molecule has 0 bridgehead atoms. The Morgan fingerprint density at radius 3 is 2.47 bits per heavy atom. The maximum absolute atomic E-state index is 10.8. The van der Waals surface area contributed by atoms with Gasteiger partial charge in [-0.25, -0.2) is 4.79 Å². The largest absolute Gasteiger partial charge is 0.452 e. The molecule has 0 unspecified atom stereocenters. The van der Waals surface area contributed by atoms with Crippen molar-refractivity contribution in [3.05, 3.63) is 35.9 Å². The molecule has 5 nitrogen and oxygen atoms in total. The summed E-state index contributed by atoms with van der Waals surface area (Å²) >= 11 is 0. The molecule has 1 aromatic carbocycles. The van der Waals surface area contributed by atoms with Crippen molar-refractivity contribution in [3.8, 4) is 0 Å². The lowest BCUT2D eigenvalue weighted by Gasteiger charge is -2.02. The quantitative estimate of drug-likeness (QED) is 0.499. The zero-order chi connectivity index (χ0) is 11.3. The van der Waals surface area contributed by atoms with Crippen LogP contribution in [0.25, 0.3) is 0 Å². The lowest BCUT2D eigenvalue weighted by Crippen LogP contribution is -2.02. The molecule has 15 heavy (non-hydrogen) atoms. The molecule has 82 valence electrons. The van der Waals surface area contributed by atoms with Crippen molar-refractivity contribution < 1.29 is 22.5 Å². The molecule has 0 fully saturated rings. The Kier molecular flexibility index (Phi) is 4.13. The fraction of sp³-hybridized carbons (Fsp3) is 0.125. The Morgan fingerprint density at radius 1 is 1.33 bits per heavy atom. The number of hydrogen-bond acceptors (Lipinski definition) is 5. The molecule has 0 aromatic heterocycles. The minimum Gasteiger partial charge on any atom is -0.452 e. The number of ether oxygens (including phenoxy) is 1. The van der Waals surface area contributed by atoms with Crippen LogP contribution in [0.4, 0.5) is 4.79 Å². The first-order chi connectivity index (χ1) is 6.97. The minimum absolute atomic E-state index is 0.0256. The van der Waals surface area contributed by atoms with Crippen molar-refractivity contribution in [1.82, 2.24) is 0 Å². The first kappa shape index (κ1) is 12.0. The molecule has 0 radical (unpaired) electrons. The van der Waals surface area contributed by atoms with Crippen molar-refractivity contribution in [3.63, 3.8) is 0 Å². The molecule has 0 saturated carbocycles. The van der Waals surface area contributed by atoms with Crippen molar-refractivity contribution in [2.24, 2.45) is 0 Å². The van der Waals surface area contributed by atoms with Crippen LogP contribution in [-0.4, -0.2) is 18.3 Å². The van der Waals surface area contributed by atoms with Gasteiger partial charge in [-0.05, 0) is 5.56 Å². The molecule has 0 aliphatic rings. The van der Waals surface area contributed by atoms with E-state index in [9.17, 15) is 13.2 Å². The molecule has 0 spiro atoms. The van der Waals surface area contributed by atoms with Gasteiger partial charge in [-0.3, -0.25) is 4.55 Å². The highest BCUT2D eigenvalue weighted by Gasteiger charge is 2.15. The van der Waals surface area contributed by atoms with E-state index in [0.717, 1.165) is 5.56 Å². The lowest BCUT2D eigenvalue weighted by molar-refractivity contribution is 0.169. The predicted molar refractivity (Wildman–Crippen MR) is 55.8 cm³/mol. The molecule has 0 saturated heterocycles. The standard InChI is InChI=1S/C8H8O5S2/c9-8(14-15(10,11)12)13-6-7-4-2-1-3-5-7/h1-5H,6H2,(H,10,11,12). The molecule has 1 aromatic rings. The molecule has 0 aliphatic carbocycles. The summed E-state index contributed by atoms with van der Waals surface area (Å²) in [7, 11) is -4.64. The van der Waals surface area contributed by atoms with E-state index in [1.54, 1.807) is 30.3 Å². The summed E-state index contributed by atoms with van der Waals surface area (Å²) in [5, 5.41) is -1.05. The SMILES string of the molecule is O=C(OCc1ccccc1)SS(=O)(=O)O. The molecule has 0 atom stereocenters. The average molecular weight is 248 g/mol. The second-order valence-electron chi connectivity index (χ2n) is 2.54. The maximum Gasteiger partial charge on any atom is 0.385 e. The number of rotatable bonds is 3. The van der Waals surface area contributed by atoms with E-state index in [2.05, 4.69) is 4.74 Å². The third kappa shape index (κ3) is 5.40. The van der Waals surface area contributed by atoms with Gasteiger partial charge in [0.25, 0.3) is 0 Å². The van der Waals surface area contributed by atoms with Gasteiger partial charge in [0, 0.05) is 0 Å². The number of hydrogen-bond donors (Lipinski definition) is 1. The zero-order valence-corrected chi connectivity index (χ0v) is 9.12. The Hall–Kier alpha value is -1.05. The molecular weight excluding hydrogens is 240 g/mol. The van der Waals surface area contributed by atoms with Gasteiger partial charge in [0.05, 0.1) is 0 Å². The predicted octanol–water partition coefficient (Wildman–Crippen LogP) is 1.86. The zero-order valence-electron chi connectivity index (χ0n) is 7.49. The number of benzene rings is 1. The third-order valence-electron chi connectivity index (χ3n) is 1.37. The smallest absolute Gasteiger partial charge is 0.385 e. The number of carbonyl (C=O) groups is 1. The third-order valence-corrected chi connectivity index (χ3v) is 2.88. The molecular formula is C8H8O5S2. The van der Waals surface area contributed by atoms with Crippen LogP contribution in [0.3, 0.4) is 0 Å². The maximum atomic E-state index is 10.8. The van der Waals surface area contributed by atoms with Gasteiger partial charge >= 0.3 is 14.5 Å². The summed E-state index contributed by atoms with van der Waals surface area (Å²) in [6.45, 7) is -0.0256. The second-order valence-corrected chi connectivity index (χ2v) is 5.65. The van der Waals surface area contributed by atoms with Gasteiger partial charge in [-0.1, -0.05) is 30.3 Å². The highest BCUT2D eigenvalue weighted by Crippen LogP contribution is 2.14. The fourth-order valence-electron chi connectivity index (χ4n) is 0.827. The fourth-order valence-corrected chi connectivity index (χ4v) is 1.77. The Balaban J connectivity index is 2.42. The van der Waals surface area contributed by atoms with Gasteiger partial charge in [-0.2, -0.15) is 8.42 Å². The van der Waals surface area contributed by atoms with Gasteiger partial charge in [0.1, 0.15) is 17.4 Å². The minimum atomic E-state index is -4.39. The van der Waals surface area contributed by atoms with E-state index < -0.39 is 14.5 Å². The molecule has 0 aliphatic heterocycles. The topological polar surface area (TPSA) is 80.7 Å². The number of carbonyl (C=O) groups excluding carboxylic acids is 1. The Labute approximate surface area is 90.6 Å². The van der Waals surface area contributed by atoms with Crippen molar-refractivity contribution in [1.29, 1.82) is 0 Å². The monoisotopic (exact) mass is 248 g/mol. The van der Waals surface area contributed by atoms with E-state index in [4.69, 9.17) is 4.55 Å². The van der Waals surface area contributed by atoms with Crippen LogP contribution in [0, 0.1) is 0 Å². The summed E-state index contributed by atoms with van der Waals surface area (Å²) in [6, 6.07) is 8.78. The van der Waals surface area contributed by atoms with Crippen LogP contribution in [0.1, 0.15) is 5.56 Å². The molecule has 7 heteroatoms. The highest BCUT2D eigenvalue weighted by atomic mass is 33.1. The van der Waals surface area contributed by atoms with Gasteiger partial charge in [0.2, 0.25) is 0 Å². The van der Waals surface area contributed by atoms with E-state index in [0.29, 0.717) is 0 Å². The molecule has 1 rings (SSSR count). The van der Waals surface area contributed by atoms with Crippen LogP contribution in [0.2, 0.25) is 0 Å². The average Bonchev–Trinajstić information content (AvgIpc) is 2.14. The van der Waals surface area contributed by atoms with Crippen molar-refractivity contribution in [2.45, 2.75) is 6.61 Å². The van der Waals surface area contributed by atoms with Gasteiger partial charge in [-0.15, -0.1) is 0 Å². The highest BCUT2D eigenvalue weighted by molar-refractivity contribution is 8.75. The summed E-state index contributed by atoms with van der Waals surface area (Å²) in [6.07, 6.45) is 0. The summed E-state index contributed by atoms with van der Waals surface area (Å²) in [5.41, 5.74) is 0.738. The lowest BCUT2D eigenvalue weighted by atomic mass is 10.2. The summed E-state index contributed by atoms with van der Waals surface area (Å²) in [4.78, 5) is 10.8. The molecule has 1 N–H and O–H groups in total. The molecule has 0 amide bonds. The van der Waals surface area contributed by atoms with Crippen LogP contribution in [0.15, 0.2) is 30.3 Å². The second kappa shape index (κ2) is 5.15. The van der Waals surface area contributed by atoms with Crippen LogP contribution in [-0.2, 0) is 20.5 Å². The van der Waals surface area contributed by atoms with E-state index >= 15 is 0 Å². The first-order valence-corrected chi connectivity index (χ1v) is 6.62.